The lowest BCUT2D eigenvalue weighted by Gasteiger charge is -2.31. The van der Waals surface area contributed by atoms with Crippen LogP contribution in [0.5, 0.6) is 0 Å². The zero-order valence-corrected chi connectivity index (χ0v) is 12.0. The lowest BCUT2D eigenvalue weighted by atomic mass is 9.74. The average Bonchev–Trinajstić information content (AvgIpc) is 2.26. The van der Waals surface area contributed by atoms with Gasteiger partial charge in [0.25, 0.3) is 0 Å². The van der Waals surface area contributed by atoms with Crippen molar-refractivity contribution in [1.29, 1.82) is 0 Å². The van der Waals surface area contributed by atoms with Crippen LogP contribution in [0, 0.1) is 11.3 Å². The maximum atomic E-state index is 3.61. The van der Waals surface area contributed by atoms with E-state index < -0.39 is 0 Å². The third-order valence-electron chi connectivity index (χ3n) is 4.13. The van der Waals surface area contributed by atoms with Crippen molar-refractivity contribution in [3.8, 4) is 0 Å². The molecule has 0 N–H and O–H groups in total. The summed E-state index contributed by atoms with van der Waals surface area (Å²) in [6, 6.07) is 0. The van der Waals surface area contributed by atoms with Gasteiger partial charge in [-0.05, 0) is 24.2 Å². The first-order valence-corrected chi connectivity index (χ1v) is 7.36. The van der Waals surface area contributed by atoms with E-state index in [1.807, 2.05) is 0 Å². The fraction of sp³-hybridized carbons (Fsp3) is 1.00. The first-order valence-electron chi connectivity index (χ1n) is 6.23. The van der Waals surface area contributed by atoms with Crippen molar-refractivity contribution >= 4 is 15.9 Å². The number of halogens is 1. The molecule has 0 radical (unpaired) electrons. The molecule has 0 saturated heterocycles. The van der Waals surface area contributed by atoms with E-state index in [4.69, 9.17) is 0 Å². The molecule has 0 heterocycles. The molecule has 0 spiro atoms. The molecule has 0 rings (SSSR count). The predicted octanol–water partition coefficient (Wildman–Crippen LogP) is 5.40. The quantitative estimate of drug-likeness (QED) is 0.514. The molecule has 0 aliphatic carbocycles. The molecule has 0 aliphatic heterocycles. The van der Waals surface area contributed by atoms with Crippen molar-refractivity contribution in [1.82, 2.24) is 0 Å². The second-order valence-electron chi connectivity index (χ2n) is 4.53. The molecule has 1 atom stereocenters. The summed E-state index contributed by atoms with van der Waals surface area (Å²) in [5.41, 5.74) is 0.635. The van der Waals surface area contributed by atoms with Crippen LogP contribution in [0.2, 0.25) is 0 Å². The Balaban J connectivity index is 4.04. The fourth-order valence-electron chi connectivity index (χ4n) is 2.18. The Labute approximate surface area is 99.0 Å². The van der Waals surface area contributed by atoms with Gasteiger partial charge in [-0.3, -0.25) is 0 Å². The minimum Gasteiger partial charge on any atom is -0.0925 e. The molecule has 1 heteroatoms. The molecule has 0 nitrogen and oxygen atoms in total. The van der Waals surface area contributed by atoms with Crippen LogP contribution in [0.4, 0.5) is 0 Å². The molecule has 0 amide bonds. The van der Waals surface area contributed by atoms with Crippen molar-refractivity contribution < 1.29 is 0 Å². The molecule has 0 aromatic carbocycles. The third kappa shape index (κ3) is 4.33. The molecular weight excluding hydrogens is 236 g/mol. The van der Waals surface area contributed by atoms with Crippen molar-refractivity contribution in [3.63, 3.8) is 0 Å². The van der Waals surface area contributed by atoms with Crippen LogP contribution in [-0.4, -0.2) is 5.33 Å². The maximum absolute atomic E-state index is 3.61. The van der Waals surface area contributed by atoms with E-state index in [2.05, 4.69) is 43.6 Å². The molecule has 1 unspecified atom stereocenters. The summed E-state index contributed by atoms with van der Waals surface area (Å²) in [5, 5.41) is 1.18. The second-order valence-corrected chi connectivity index (χ2v) is 5.18. The summed E-state index contributed by atoms with van der Waals surface area (Å²) in [7, 11) is 0. The molecule has 0 aromatic heterocycles. The Hall–Kier alpha value is 0.480. The number of alkyl halides is 1. The zero-order chi connectivity index (χ0) is 11.0. The van der Waals surface area contributed by atoms with Gasteiger partial charge < -0.3 is 0 Å². The van der Waals surface area contributed by atoms with Crippen LogP contribution in [0.3, 0.4) is 0 Å². The Morgan fingerprint density at radius 2 is 1.50 bits per heavy atom. The van der Waals surface area contributed by atoms with Gasteiger partial charge in [0.2, 0.25) is 0 Å². The zero-order valence-electron chi connectivity index (χ0n) is 10.4. The van der Waals surface area contributed by atoms with Crippen LogP contribution in [-0.2, 0) is 0 Å². The number of hydrogen-bond acceptors (Lipinski definition) is 0. The van der Waals surface area contributed by atoms with E-state index in [9.17, 15) is 0 Å². The van der Waals surface area contributed by atoms with Crippen LogP contribution in [0.25, 0.3) is 0 Å². The number of rotatable bonds is 8. The van der Waals surface area contributed by atoms with Crippen LogP contribution in [0.1, 0.15) is 66.2 Å². The van der Waals surface area contributed by atoms with E-state index >= 15 is 0 Å². The van der Waals surface area contributed by atoms with Crippen molar-refractivity contribution in [2.75, 3.05) is 5.33 Å². The summed E-state index contributed by atoms with van der Waals surface area (Å²) in [4.78, 5) is 0. The molecule has 0 bridgehead atoms. The van der Waals surface area contributed by atoms with E-state index in [1.54, 1.807) is 0 Å². The molecular formula is C13H27Br. The fourth-order valence-corrected chi connectivity index (χ4v) is 2.96. The molecule has 0 aromatic rings. The van der Waals surface area contributed by atoms with E-state index in [1.165, 1.54) is 43.9 Å². The van der Waals surface area contributed by atoms with Crippen LogP contribution in [0.15, 0.2) is 0 Å². The summed E-state index contributed by atoms with van der Waals surface area (Å²) in [5.74, 6) is 0.888. The summed E-state index contributed by atoms with van der Waals surface area (Å²) in [6.07, 6.45) is 8.17. The van der Waals surface area contributed by atoms with Crippen LogP contribution >= 0.6 is 15.9 Å². The van der Waals surface area contributed by atoms with Gasteiger partial charge in [0.15, 0.2) is 0 Å². The Kier molecular flexibility index (Phi) is 8.00. The second kappa shape index (κ2) is 7.73. The molecule has 14 heavy (non-hydrogen) atoms. The minimum absolute atomic E-state index is 0.635. The highest BCUT2D eigenvalue weighted by atomic mass is 79.9. The SMILES string of the molecule is CCC(CBr)CCC(CC)(CC)CC. The molecule has 0 aliphatic rings. The first-order chi connectivity index (χ1) is 6.67. The maximum Gasteiger partial charge on any atom is 0.00595 e. The Bertz CT molecular complexity index is 115. The Morgan fingerprint density at radius 1 is 1.00 bits per heavy atom. The smallest absolute Gasteiger partial charge is 0.00595 e. The van der Waals surface area contributed by atoms with E-state index in [0.717, 1.165) is 5.92 Å². The van der Waals surface area contributed by atoms with Gasteiger partial charge in [-0.15, -0.1) is 0 Å². The van der Waals surface area contributed by atoms with Gasteiger partial charge in [0.1, 0.15) is 0 Å². The molecule has 86 valence electrons. The number of hydrogen-bond donors (Lipinski definition) is 0. The highest BCUT2D eigenvalue weighted by Crippen LogP contribution is 2.37. The highest BCUT2D eigenvalue weighted by Gasteiger charge is 2.24. The van der Waals surface area contributed by atoms with Gasteiger partial charge in [0, 0.05) is 5.33 Å². The standard InChI is InChI=1S/C13H27Br/c1-5-12(11-14)9-10-13(6-2,7-3)8-4/h12H,5-11H2,1-4H3. The Morgan fingerprint density at radius 3 is 1.79 bits per heavy atom. The molecule has 0 fully saturated rings. The first kappa shape index (κ1) is 14.5. The summed E-state index contributed by atoms with van der Waals surface area (Å²) >= 11 is 3.61. The van der Waals surface area contributed by atoms with Crippen molar-refractivity contribution in [2.45, 2.75) is 66.2 Å². The lowest BCUT2D eigenvalue weighted by molar-refractivity contribution is 0.209. The predicted molar refractivity (Wildman–Crippen MR) is 70.1 cm³/mol. The average molecular weight is 263 g/mol. The third-order valence-corrected chi connectivity index (χ3v) is 5.04. The van der Waals surface area contributed by atoms with Gasteiger partial charge in [-0.1, -0.05) is 69.3 Å². The van der Waals surface area contributed by atoms with Gasteiger partial charge >= 0.3 is 0 Å². The van der Waals surface area contributed by atoms with E-state index in [-0.39, 0.29) is 0 Å². The van der Waals surface area contributed by atoms with Gasteiger partial charge in [-0.2, -0.15) is 0 Å². The largest absolute Gasteiger partial charge is 0.0925 e. The molecule has 0 saturated carbocycles. The summed E-state index contributed by atoms with van der Waals surface area (Å²) in [6.45, 7) is 9.35. The van der Waals surface area contributed by atoms with Crippen LogP contribution < -0.4 is 0 Å². The normalized spacial score (nSPS) is 14.4. The van der Waals surface area contributed by atoms with Gasteiger partial charge in [-0.25, -0.2) is 0 Å². The van der Waals surface area contributed by atoms with Crippen molar-refractivity contribution in [3.05, 3.63) is 0 Å². The monoisotopic (exact) mass is 262 g/mol. The van der Waals surface area contributed by atoms with Gasteiger partial charge in [0.05, 0.1) is 0 Å². The minimum atomic E-state index is 0.635. The highest BCUT2D eigenvalue weighted by molar-refractivity contribution is 9.09. The summed E-state index contributed by atoms with van der Waals surface area (Å²) < 4.78 is 0. The van der Waals surface area contributed by atoms with Crippen molar-refractivity contribution in [2.24, 2.45) is 11.3 Å². The topological polar surface area (TPSA) is 0 Å². The van der Waals surface area contributed by atoms with E-state index in [0.29, 0.717) is 5.41 Å². The lowest BCUT2D eigenvalue weighted by Crippen LogP contribution is -2.19.